The van der Waals surface area contributed by atoms with Crippen LogP contribution in [0, 0.1) is 0 Å². The van der Waals surface area contributed by atoms with Crippen LogP contribution in [0.1, 0.15) is 25.8 Å². The maximum atomic E-state index is 5.32. The highest BCUT2D eigenvalue weighted by atomic mass is 127. The van der Waals surface area contributed by atoms with E-state index in [0.29, 0.717) is 6.61 Å². The van der Waals surface area contributed by atoms with Gasteiger partial charge >= 0.3 is 0 Å². The molecule has 0 fully saturated rings. The van der Waals surface area contributed by atoms with Crippen molar-refractivity contribution in [2.45, 2.75) is 26.7 Å². The first-order valence-corrected chi connectivity index (χ1v) is 8.53. The predicted molar refractivity (Wildman–Crippen MR) is 115 cm³/mol. The fourth-order valence-corrected chi connectivity index (χ4v) is 2.16. The summed E-state index contributed by atoms with van der Waals surface area (Å²) in [4.78, 5) is 6.72. The second-order valence-electron chi connectivity index (χ2n) is 5.55. The summed E-state index contributed by atoms with van der Waals surface area (Å²) >= 11 is 0. The fraction of sp³-hybridized carbons (Fsp3) is 0.611. The van der Waals surface area contributed by atoms with E-state index >= 15 is 0 Å². The summed E-state index contributed by atoms with van der Waals surface area (Å²) in [6.45, 7) is 8.01. The molecule has 0 aliphatic rings. The van der Waals surface area contributed by atoms with Gasteiger partial charge in [0, 0.05) is 46.0 Å². The first-order valence-electron chi connectivity index (χ1n) is 8.53. The molecule has 6 heteroatoms. The number of aryl methyl sites for hydroxylation is 1. The van der Waals surface area contributed by atoms with Crippen molar-refractivity contribution in [1.82, 2.24) is 10.6 Å². The van der Waals surface area contributed by atoms with Gasteiger partial charge in [0.1, 0.15) is 0 Å². The fourth-order valence-electron chi connectivity index (χ4n) is 2.16. The van der Waals surface area contributed by atoms with Gasteiger partial charge in [0.05, 0.1) is 6.61 Å². The molecule has 0 amide bonds. The van der Waals surface area contributed by atoms with Gasteiger partial charge in [-0.05, 0) is 44.4 Å². The number of anilines is 1. The molecule has 0 unspecified atom stereocenters. The van der Waals surface area contributed by atoms with Crippen molar-refractivity contribution < 1.29 is 4.74 Å². The first-order chi connectivity index (χ1) is 11.2. The SMILES string of the molecule is CCNC(=NCCCc1ccc(N(C)C)cc1)NCCOCC.I. The van der Waals surface area contributed by atoms with Crippen molar-refractivity contribution >= 4 is 35.6 Å². The molecule has 0 aliphatic carbocycles. The topological polar surface area (TPSA) is 48.9 Å². The lowest BCUT2D eigenvalue weighted by Crippen LogP contribution is -2.39. The van der Waals surface area contributed by atoms with Gasteiger partial charge in [0.15, 0.2) is 5.96 Å². The van der Waals surface area contributed by atoms with E-state index < -0.39 is 0 Å². The smallest absolute Gasteiger partial charge is 0.191 e. The lowest BCUT2D eigenvalue weighted by molar-refractivity contribution is 0.152. The molecular weight excluding hydrogens is 415 g/mol. The van der Waals surface area contributed by atoms with Gasteiger partial charge in [-0.15, -0.1) is 24.0 Å². The van der Waals surface area contributed by atoms with E-state index in [2.05, 4.69) is 65.8 Å². The molecule has 0 aromatic heterocycles. The van der Waals surface area contributed by atoms with E-state index in [-0.39, 0.29) is 24.0 Å². The third-order valence-corrected chi connectivity index (χ3v) is 3.43. The quantitative estimate of drug-likeness (QED) is 0.250. The maximum absolute atomic E-state index is 5.32. The minimum Gasteiger partial charge on any atom is -0.380 e. The molecule has 1 aromatic carbocycles. The van der Waals surface area contributed by atoms with Crippen molar-refractivity contribution in [2.75, 3.05) is 51.8 Å². The van der Waals surface area contributed by atoms with Crippen LogP contribution in [0.4, 0.5) is 5.69 Å². The van der Waals surface area contributed by atoms with Crippen LogP contribution in [0.3, 0.4) is 0 Å². The molecule has 0 bridgehead atoms. The second-order valence-corrected chi connectivity index (χ2v) is 5.55. The molecule has 24 heavy (non-hydrogen) atoms. The second kappa shape index (κ2) is 14.3. The summed E-state index contributed by atoms with van der Waals surface area (Å²) in [6.07, 6.45) is 2.10. The molecule has 1 aromatic rings. The lowest BCUT2D eigenvalue weighted by Gasteiger charge is -2.13. The Morgan fingerprint density at radius 1 is 1.12 bits per heavy atom. The van der Waals surface area contributed by atoms with E-state index in [4.69, 9.17) is 4.74 Å². The molecule has 0 saturated heterocycles. The van der Waals surface area contributed by atoms with E-state index in [0.717, 1.165) is 45.0 Å². The summed E-state index contributed by atoms with van der Waals surface area (Å²) < 4.78 is 5.32. The number of ether oxygens (including phenoxy) is 1. The number of guanidine groups is 1. The van der Waals surface area contributed by atoms with Gasteiger partial charge in [0.2, 0.25) is 0 Å². The number of benzene rings is 1. The van der Waals surface area contributed by atoms with Crippen LogP contribution >= 0.6 is 24.0 Å². The van der Waals surface area contributed by atoms with Crippen molar-refractivity contribution in [3.63, 3.8) is 0 Å². The largest absolute Gasteiger partial charge is 0.380 e. The first kappa shape index (κ1) is 23.0. The van der Waals surface area contributed by atoms with Crippen molar-refractivity contribution in [1.29, 1.82) is 0 Å². The molecule has 2 N–H and O–H groups in total. The molecule has 0 spiro atoms. The number of hydrogen-bond acceptors (Lipinski definition) is 3. The average Bonchev–Trinajstić information content (AvgIpc) is 2.55. The Labute approximate surface area is 164 Å². The highest BCUT2D eigenvalue weighted by Gasteiger charge is 1.98. The molecular formula is C18H33IN4O. The lowest BCUT2D eigenvalue weighted by atomic mass is 10.1. The van der Waals surface area contributed by atoms with Crippen LogP contribution in [0.2, 0.25) is 0 Å². The normalized spacial score (nSPS) is 10.9. The third kappa shape index (κ3) is 9.97. The van der Waals surface area contributed by atoms with E-state index in [9.17, 15) is 0 Å². The maximum Gasteiger partial charge on any atom is 0.191 e. The minimum atomic E-state index is 0. The molecule has 1 rings (SSSR count). The van der Waals surface area contributed by atoms with Crippen molar-refractivity contribution in [2.24, 2.45) is 4.99 Å². The van der Waals surface area contributed by atoms with Gasteiger partial charge in [-0.2, -0.15) is 0 Å². The molecule has 138 valence electrons. The Kier molecular flexibility index (Phi) is 13.7. The molecule has 5 nitrogen and oxygen atoms in total. The molecule has 0 heterocycles. The van der Waals surface area contributed by atoms with Crippen LogP contribution in [0.25, 0.3) is 0 Å². The monoisotopic (exact) mass is 448 g/mol. The highest BCUT2D eigenvalue weighted by molar-refractivity contribution is 14.0. The number of halogens is 1. The Hall–Kier alpha value is -1.02. The predicted octanol–water partition coefficient (Wildman–Crippen LogP) is 2.89. The van der Waals surface area contributed by atoms with Gasteiger partial charge in [-0.25, -0.2) is 0 Å². The number of hydrogen-bond donors (Lipinski definition) is 2. The van der Waals surface area contributed by atoms with Gasteiger partial charge in [-0.3, -0.25) is 4.99 Å². The zero-order valence-electron chi connectivity index (χ0n) is 15.5. The minimum absolute atomic E-state index is 0. The Morgan fingerprint density at radius 3 is 2.42 bits per heavy atom. The Balaban J connectivity index is 0.00000529. The number of nitrogens with zero attached hydrogens (tertiary/aromatic N) is 2. The van der Waals surface area contributed by atoms with Crippen LogP contribution in [-0.4, -0.2) is 52.9 Å². The zero-order chi connectivity index (χ0) is 16.9. The molecule has 0 aliphatic heterocycles. The average molecular weight is 448 g/mol. The number of aliphatic imine (C=N–C) groups is 1. The van der Waals surface area contributed by atoms with E-state index in [1.54, 1.807) is 0 Å². The Bertz CT molecular complexity index is 449. The highest BCUT2D eigenvalue weighted by Crippen LogP contribution is 2.13. The van der Waals surface area contributed by atoms with Crippen LogP contribution < -0.4 is 15.5 Å². The molecule has 0 radical (unpaired) electrons. The molecule has 0 saturated carbocycles. The van der Waals surface area contributed by atoms with Crippen LogP contribution in [-0.2, 0) is 11.2 Å². The van der Waals surface area contributed by atoms with E-state index in [1.807, 2.05) is 6.92 Å². The van der Waals surface area contributed by atoms with Gasteiger partial charge in [0.25, 0.3) is 0 Å². The summed E-state index contributed by atoms with van der Waals surface area (Å²) in [5, 5.41) is 6.54. The van der Waals surface area contributed by atoms with Crippen LogP contribution in [0.15, 0.2) is 29.3 Å². The number of nitrogens with one attached hydrogen (secondary N) is 2. The Morgan fingerprint density at radius 2 is 1.83 bits per heavy atom. The summed E-state index contributed by atoms with van der Waals surface area (Å²) in [5.41, 5.74) is 2.60. The zero-order valence-corrected chi connectivity index (χ0v) is 17.8. The van der Waals surface area contributed by atoms with E-state index in [1.165, 1.54) is 11.3 Å². The number of rotatable bonds is 10. The summed E-state index contributed by atoms with van der Waals surface area (Å²) in [5.74, 6) is 0.871. The summed E-state index contributed by atoms with van der Waals surface area (Å²) in [7, 11) is 4.12. The standard InChI is InChI=1S/C18H32N4O.HI/c1-5-19-18(21-14-15-23-6-2)20-13-7-8-16-9-11-17(12-10-16)22(3)4;/h9-12H,5-8,13-15H2,1-4H3,(H2,19,20,21);1H. The summed E-state index contributed by atoms with van der Waals surface area (Å²) in [6, 6.07) is 8.73. The van der Waals surface area contributed by atoms with Gasteiger partial charge < -0.3 is 20.3 Å². The third-order valence-electron chi connectivity index (χ3n) is 3.43. The van der Waals surface area contributed by atoms with Crippen molar-refractivity contribution in [3.8, 4) is 0 Å². The molecule has 0 atom stereocenters. The van der Waals surface area contributed by atoms with Crippen LogP contribution in [0.5, 0.6) is 0 Å². The van der Waals surface area contributed by atoms with Gasteiger partial charge in [-0.1, -0.05) is 12.1 Å². The van der Waals surface area contributed by atoms with Crippen molar-refractivity contribution in [3.05, 3.63) is 29.8 Å².